The van der Waals surface area contributed by atoms with Gasteiger partial charge >= 0.3 is 0 Å². The highest BCUT2D eigenvalue weighted by atomic mass is 35.5. The number of hydrogen-bond donors (Lipinski definition) is 4. The van der Waals surface area contributed by atoms with E-state index in [1.54, 1.807) is 18.2 Å². The molecule has 0 atom stereocenters. The highest BCUT2D eigenvalue weighted by Crippen LogP contribution is 2.29. The van der Waals surface area contributed by atoms with E-state index in [0.29, 0.717) is 45.1 Å². The Morgan fingerprint density at radius 2 is 2.06 bits per heavy atom. The van der Waals surface area contributed by atoms with E-state index in [2.05, 4.69) is 26.0 Å². The van der Waals surface area contributed by atoms with Gasteiger partial charge in [-0.2, -0.15) is 9.89 Å². The molecule has 0 bridgehead atoms. The summed E-state index contributed by atoms with van der Waals surface area (Å²) < 4.78 is 39.1. The van der Waals surface area contributed by atoms with Gasteiger partial charge in [0.25, 0.3) is 5.91 Å². The summed E-state index contributed by atoms with van der Waals surface area (Å²) >= 11 is 6.93. The number of likely N-dealkylation sites (N-methyl/N-ethyl adjacent to an activating group) is 1. The maximum atomic E-state index is 13.8. The summed E-state index contributed by atoms with van der Waals surface area (Å²) in [5.74, 6) is -0.829. The van der Waals surface area contributed by atoms with Crippen LogP contribution in [0.5, 0.6) is 0 Å². The molecular weight excluding hydrogens is 529 g/mol. The predicted molar refractivity (Wildman–Crippen MR) is 140 cm³/mol. The summed E-state index contributed by atoms with van der Waals surface area (Å²) in [5.41, 5.74) is 1.92. The van der Waals surface area contributed by atoms with Crippen LogP contribution in [0.4, 0.5) is 15.2 Å². The molecule has 0 unspecified atom stereocenters. The number of nitrogens with zero attached hydrogens (tertiary/aromatic N) is 4. The summed E-state index contributed by atoms with van der Waals surface area (Å²) in [5, 5.41) is 14.1. The highest BCUT2D eigenvalue weighted by Gasteiger charge is 2.20. The van der Waals surface area contributed by atoms with E-state index in [4.69, 9.17) is 11.6 Å². The largest absolute Gasteiger partial charge is 0.383 e. The summed E-state index contributed by atoms with van der Waals surface area (Å²) in [4.78, 5) is 18.2. The second-order valence-electron chi connectivity index (χ2n) is 7.51. The Bertz CT molecular complexity index is 1450. The van der Waals surface area contributed by atoms with Crippen LogP contribution in [0.15, 0.2) is 48.8 Å². The van der Waals surface area contributed by atoms with Gasteiger partial charge in [0.2, 0.25) is 16.0 Å². The first-order valence-corrected chi connectivity index (χ1v) is 13.3. The van der Waals surface area contributed by atoms with Crippen molar-refractivity contribution in [3.63, 3.8) is 0 Å². The van der Waals surface area contributed by atoms with Crippen LogP contribution in [0.3, 0.4) is 0 Å². The zero-order chi connectivity index (χ0) is 25.7. The lowest BCUT2D eigenvalue weighted by Gasteiger charge is -2.15. The minimum atomic E-state index is -3.11. The first-order chi connectivity index (χ1) is 17.4. The van der Waals surface area contributed by atoms with Crippen LogP contribution >= 0.6 is 22.9 Å². The molecule has 0 spiro atoms. The van der Waals surface area contributed by atoms with Gasteiger partial charge in [-0.1, -0.05) is 42.0 Å². The lowest BCUT2D eigenvalue weighted by Crippen LogP contribution is -2.28. The van der Waals surface area contributed by atoms with Crippen molar-refractivity contribution in [1.29, 1.82) is 0 Å². The van der Waals surface area contributed by atoms with E-state index in [1.165, 1.54) is 35.4 Å². The molecule has 0 aliphatic rings. The van der Waals surface area contributed by atoms with E-state index in [-0.39, 0.29) is 17.6 Å². The van der Waals surface area contributed by atoms with Gasteiger partial charge in [-0.15, -0.1) is 4.41 Å². The fourth-order valence-electron chi connectivity index (χ4n) is 3.55. The molecular formula is C22H23ClFN7O3S2. The van der Waals surface area contributed by atoms with Crippen molar-refractivity contribution in [2.24, 2.45) is 0 Å². The Morgan fingerprint density at radius 1 is 1.22 bits per heavy atom. The molecule has 0 saturated carbocycles. The summed E-state index contributed by atoms with van der Waals surface area (Å²) in [6.07, 6.45) is 2.88. The molecule has 0 aliphatic heterocycles. The van der Waals surface area contributed by atoms with Crippen LogP contribution in [0.1, 0.15) is 22.8 Å². The molecule has 0 fully saturated rings. The highest BCUT2D eigenvalue weighted by molar-refractivity contribution is 7.74. The van der Waals surface area contributed by atoms with Gasteiger partial charge in [0.1, 0.15) is 10.2 Å². The number of aromatic nitrogens is 3. The van der Waals surface area contributed by atoms with Crippen molar-refractivity contribution in [3.8, 4) is 0 Å². The van der Waals surface area contributed by atoms with Crippen molar-refractivity contribution >= 4 is 61.5 Å². The summed E-state index contributed by atoms with van der Waals surface area (Å²) in [6.45, 7) is 4.12. The minimum absolute atomic E-state index is 0.142. The lowest BCUT2D eigenvalue weighted by molar-refractivity contribution is 0.0952. The standard InChI is InChI=1S/C22H23ClFN7O3S2/c1-2-25-8-9-26-18-10-15(24)6-7-16(18)21(32)27-11-14-4-3-5-19-17(14)12-29-30(19)31(36(33)34)22-28-13-20(23)35-22/h3-7,10,12-13,25-26,36H,2,8-9,11H2,1H3,(H,27,32). The number of halogens is 2. The monoisotopic (exact) mass is 551 g/mol. The van der Waals surface area contributed by atoms with Gasteiger partial charge in [0.05, 0.1) is 23.5 Å². The molecule has 2 aromatic carbocycles. The van der Waals surface area contributed by atoms with Crippen LogP contribution in [-0.4, -0.2) is 48.8 Å². The normalized spacial score (nSPS) is 11.2. The van der Waals surface area contributed by atoms with Crippen molar-refractivity contribution in [3.05, 3.63) is 70.1 Å². The van der Waals surface area contributed by atoms with Crippen LogP contribution in [0.2, 0.25) is 4.34 Å². The van der Waals surface area contributed by atoms with E-state index in [1.807, 2.05) is 6.92 Å². The fraction of sp³-hybridized carbons (Fsp3) is 0.227. The fourth-order valence-corrected chi connectivity index (χ4v) is 5.15. The summed E-state index contributed by atoms with van der Waals surface area (Å²) in [6, 6.07) is 9.20. The first kappa shape index (κ1) is 25.8. The van der Waals surface area contributed by atoms with E-state index >= 15 is 0 Å². The number of amides is 1. The van der Waals surface area contributed by atoms with Gasteiger partial charge in [-0.05, 0) is 36.4 Å². The number of thiazole rings is 1. The minimum Gasteiger partial charge on any atom is -0.383 e. The zero-order valence-corrected chi connectivity index (χ0v) is 21.5. The Morgan fingerprint density at radius 3 is 2.78 bits per heavy atom. The van der Waals surface area contributed by atoms with Crippen molar-refractivity contribution in [2.75, 3.05) is 29.4 Å². The molecule has 2 aromatic heterocycles. The van der Waals surface area contributed by atoms with E-state index in [0.717, 1.165) is 22.3 Å². The molecule has 10 nitrogen and oxygen atoms in total. The molecule has 2 heterocycles. The number of benzene rings is 2. The molecule has 1 amide bonds. The molecule has 0 saturated heterocycles. The molecule has 190 valence electrons. The number of hydrogen-bond acceptors (Lipinski definition) is 8. The second-order valence-corrected chi connectivity index (χ2v) is 10.0. The van der Waals surface area contributed by atoms with Crippen LogP contribution in [-0.2, 0) is 17.4 Å². The number of rotatable bonds is 11. The van der Waals surface area contributed by atoms with Crippen LogP contribution in [0.25, 0.3) is 10.9 Å². The van der Waals surface area contributed by atoms with Crippen LogP contribution in [0, 0.1) is 5.82 Å². The second kappa shape index (κ2) is 11.6. The Balaban J connectivity index is 1.55. The van der Waals surface area contributed by atoms with Crippen molar-refractivity contribution in [2.45, 2.75) is 13.5 Å². The molecule has 3 N–H and O–H groups in total. The zero-order valence-electron chi connectivity index (χ0n) is 19.1. The Kier molecular flexibility index (Phi) is 8.36. The first-order valence-electron chi connectivity index (χ1n) is 10.9. The number of carbonyl (C=O) groups excluding carboxylic acids is 1. The third kappa shape index (κ3) is 5.75. The molecule has 0 radical (unpaired) electrons. The molecule has 4 rings (SSSR count). The Labute approximate surface area is 217 Å². The smallest absolute Gasteiger partial charge is 0.253 e. The maximum Gasteiger partial charge on any atom is 0.253 e. The number of nitrogens with one attached hydrogen (secondary N) is 3. The average Bonchev–Trinajstić information content (AvgIpc) is 3.47. The van der Waals surface area contributed by atoms with Crippen molar-refractivity contribution < 1.29 is 17.6 Å². The van der Waals surface area contributed by atoms with Gasteiger partial charge in [-0.25, -0.2) is 17.8 Å². The molecule has 14 heteroatoms. The number of anilines is 2. The van der Waals surface area contributed by atoms with E-state index < -0.39 is 16.7 Å². The van der Waals surface area contributed by atoms with E-state index in [9.17, 15) is 17.6 Å². The van der Waals surface area contributed by atoms with Gasteiger partial charge < -0.3 is 16.0 Å². The molecule has 36 heavy (non-hydrogen) atoms. The molecule has 0 aliphatic carbocycles. The number of thiol groups is 1. The van der Waals surface area contributed by atoms with Crippen molar-refractivity contribution in [1.82, 2.24) is 25.5 Å². The third-order valence-electron chi connectivity index (χ3n) is 5.19. The van der Waals surface area contributed by atoms with Gasteiger partial charge in [0, 0.05) is 30.7 Å². The van der Waals surface area contributed by atoms with Gasteiger partial charge in [0.15, 0.2) is 0 Å². The third-order valence-corrected chi connectivity index (χ3v) is 7.08. The molecule has 4 aromatic rings. The number of fused-ring (bicyclic) bond motifs is 1. The summed E-state index contributed by atoms with van der Waals surface area (Å²) in [7, 11) is -3.11. The number of carbonyl (C=O) groups is 1. The van der Waals surface area contributed by atoms with Gasteiger partial charge in [-0.3, -0.25) is 4.79 Å². The average molecular weight is 552 g/mol. The Hall–Kier alpha value is -3.26. The topological polar surface area (TPSA) is 121 Å². The quantitative estimate of drug-likeness (QED) is 0.167. The lowest BCUT2D eigenvalue weighted by atomic mass is 10.1. The van der Waals surface area contributed by atoms with Crippen LogP contribution < -0.4 is 20.4 Å². The predicted octanol–water partition coefficient (Wildman–Crippen LogP) is 3.03. The SMILES string of the molecule is CCNCCNc1cc(F)ccc1C(=O)NCc1cccc2c1cnn2N(c1ncc(Cl)s1)[SH](=O)=O. The maximum absolute atomic E-state index is 13.8.